The number of benzene rings is 3. The standard InChI is InChI=1S/C33H34O8S3/c1-2-33(22-39-18-19-42-30(36)25-12-6-3-7-13-25,23-40-28(34)20-43-31(37)26-14-8-4-9-15-26)24-41-29(35)21-44-32(38)27-16-10-5-11-17-27/h3-17H,2,18-24H2,1H3. The Labute approximate surface area is 270 Å². The van der Waals surface area contributed by atoms with Crippen molar-refractivity contribution in [2.75, 3.05) is 43.7 Å². The summed E-state index contributed by atoms with van der Waals surface area (Å²) in [4.78, 5) is 62.2. The van der Waals surface area contributed by atoms with Gasteiger partial charge in [-0.15, -0.1) is 0 Å². The lowest BCUT2D eigenvalue weighted by Gasteiger charge is -2.31. The molecule has 0 atom stereocenters. The predicted octanol–water partition coefficient (Wildman–Crippen LogP) is 6.21. The van der Waals surface area contributed by atoms with Crippen molar-refractivity contribution in [1.29, 1.82) is 0 Å². The van der Waals surface area contributed by atoms with Gasteiger partial charge in [-0.3, -0.25) is 24.0 Å². The monoisotopic (exact) mass is 654 g/mol. The Kier molecular flexibility index (Phi) is 15.2. The fourth-order valence-electron chi connectivity index (χ4n) is 3.69. The molecule has 8 nitrogen and oxygen atoms in total. The lowest BCUT2D eigenvalue weighted by molar-refractivity contribution is -0.154. The SMILES string of the molecule is CCC(COCCSC(=O)c1ccccc1)(COC(=O)CSC(=O)c1ccccc1)COC(=O)CSC(=O)c1ccccc1. The minimum absolute atomic E-state index is 0.0658. The van der Waals surface area contributed by atoms with Crippen molar-refractivity contribution >= 4 is 62.6 Å². The first-order chi connectivity index (χ1) is 21.3. The molecule has 0 radical (unpaired) electrons. The molecule has 0 saturated carbocycles. The zero-order valence-corrected chi connectivity index (χ0v) is 26.8. The van der Waals surface area contributed by atoms with Gasteiger partial charge >= 0.3 is 11.9 Å². The van der Waals surface area contributed by atoms with Gasteiger partial charge in [-0.2, -0.15) is 0 Å². The highest BCUT2D eigenvalue weighted by atomic mass is 32.2. The molecular formula is C33H34O8S3. The molecule has 0 N–H and O–H groups in total. The summed E-state index contributed by atoms with van der Waals surface area (Å²) >= 11 is 2.83. The summed E-state index contributed by atoms with van der Waals surface area (Å²) in [5.41, 5.74) is 0.703. The van der Waals surface area contributed by atoms with Crippen molar-refractivity contribution in [3.63, 3.8) is 0 Å². The Morgan fingerprint density at radius 3 is 1.34 bits per heavy atom. The average molecular weight is 655 g/mol. The first kappa shape index (κ1) is 35.1. The summed E-state index contributed by atoms with van der Waals surface area (Å²) in [6.07, 6.45) is 0.440. The molecule has 0 aliphatic carbocycles. The normalized spacial score (nSPS) is 11.0. The van der Waals surface area contributed by atoms with Crippen LogP contribution in [-0.4, -0.2) is 71.0 Å². The molecule has 0 spiro atoms. The van der Waals surface area contributed by atoms with Crippen LogP contribution in [0, 0.1) is 5.41 Å². The number of hydrogen-bond donors (Lipinski definition) is 0. The molecule has 44 heavy (non-hydrogen) atoms. The number of hydrogen-bond acceptors (Lipinski definition) is 11. The molecule has 3 aromatic rings. The Hall–Kier alpha value is -3.38. The maximum absolute atomic E-state index is 12.6. The molecule has 0 fully saturated rings. The molecule has 3 rings (SSSR count). The summed E-state index contributed by atoms with van der Waals surface area (Å²) in [6, 6.07) is 26.2. The summed E-state index contributed by atoms with van der Waals surface area (Å²) in [7, 11) is 0. The van der Waals surface area contributed by atoms with Gasteiger partial charge in [0.2, 0.25) is 15.3 Å². The van der Waals surface area contributed by atoms with Gasteiger partial charge in [-0.05, 0) is 6.42 Å². The van der Waals surface area contributed by atoms with Crippen LogP contribution in [0.4, 0.5) is 0 Å². The molecule has 0 aliphatic rings. The van der Waals surface area contributed by atoms with E-state index in [0.29, 0.717) is 28.9 Å². The summed E-state index contributed by atoms with van der Waals surface area (Å²) in [5.74, 6) is -1.12. The van der Waals surface area contributed by atoms with Crippen molar-refractivity contribution < 1.29 is 38.2 Å². The Bertz CT molecular complexity index is 1300. The van der Waals surface area contributed by atoms with E-state index in [9.17, 15) is 24.0 Å². The van der Waals surface area contributed by atoms with E-state index >= 15 is 0 Å². The van der Waals surface area contributed by atoms with Gasteiger partial charge in [0.25, 0.3) is 0 Å². The molecule has 0 saturated heterocycles. The highest BCUT2D eigenvalue weighted by Gasteiger charge is 2.33. The molecule has 0 amide bonds. The van der Waals surface area contributed by atoms with E-state index in [0.717, 1.165) is 35.3 Å². The maximum atomic E-state index is 12.6. The van der Waals surface area contributed by atoms with Crippen LogP contribution in [0.5, 0.6) is 0 Å². The molecule has 11 heteroatoms. The molecule has 232 valence electrons. The lowest BCUT2D eigenvalue weighted by atomic mass is 9.88. The molecule has 3 aromatic carbocycles. The number of carbonyl (C=O) groups is 5. The first-order valence-corrected chi connectivity index (χ1v) is 16.8. The van der Waals surface area contributed by atoms with Crippen LogP contribution in [0.1, 0.15) is 44.4 Å². The maximum Gasteiger partial charge on any atom is 0.316 e. The van der Waals surface area contributed by atoms with Crippen LogP contribution < -0.4 is 0 Å². The highest BCUT2D eigenvalue weighted by molar-refractivity contribution is 8.15. The van der Waals surface area contributed by atoms with Gasteiger partial charge in [-0.25, -0.2) is 0 Å². The van der Waals surface area contributed by atoms with Crippen LogP contribution in [-0.2, 0) is 23.8 Å². The second kappa shape index (κ2) is 19.1. The van der Waals surface area contributed by atoms with Crippen LogP contribution in [0.3, 0.4) is 0 Å². The van der Waals surface area contributed by atoms with Crippen LogP contribution >= 0.6 is 35.3 Å². The minimum atomic E-state index is -0.873. The molecular weight excluding hydrogens is 621 g/mol. The van der Waals surface area contributed by atoms with Crippen molar-refractivity contribution in [2.45, 2.75) is 13.3 Å². The molecule has 0 heterocycles. The van der Waals surface area contributed by atoms with Gasteiger partial charge < -0.3 is 14.2 Å². The fraction of sp³-hybridized carbons (Fsp3) is 0.303. The highest BCUT2D eigenvalue weighted by Crippen LogP contribution is 2.26. The zero-order valence-electron chi connectivity index (χ0n) is 24.3. The number of rotatable bonds is 17. The van der Waals surface area contributed by atoms with Crippen LogP contribution in [0.25, 0.3) is 0 Å². The van der Waals surface area contributed by atoms with E-state index in [-0.39, 0.29) is 53.3 Å². The average Bonchev–Trinajstić information content (AvgIpc) is 3.07. The van der Waals surface area contributed by atoms with E-state index in [1.807, 2.05) is 13.0 Å². The Balaban J connectivity index is 1.52. The van der Waals surface area contributed by atoms with E-state index in [1.165, 1.54) is 0 Å². The van der Waals surface area contributed by atoms with E-state index in [4.69, 9.17) is 14.2 Å². The molecule has 0 aromatic heterocycles. The second-order valence-electron chi connectivity index (χ2n) is 9.61. The smallest absolute Gasteiger partial charge is 0.316 e. The third-order valence-corrected chi connectivity index (χ3v) is 8.99. The number of esters is 2. The minimum Gasteiger partial charge on any atom is -0.464 e. The largest absolute Gasteiger partial charge is 0.464 e. The number of carbonyl (C=O) groups excluding carboxylic acids is 5. The van der Waals surface area contributed by atoms with Crippen LogP contribution in [0.15, 0.2) is 91.0 Å². The predicted molar refractivity (Wildman–Crippen MR) is 175 cm³/mol. The number of thioether (sulfide) groups is 3. The topological polar surface area (TPSA) is 113 Å². The molecule has 0 aliphatic heterocycles. The second-order valence-corrected chi connectivity index (χ2v) is 12.6. The van der Waals surface area contributed by atoms with Gasteiger partial charge in [0.1, 0.15) is 13.2 Å². The van der Waals surface area contributed by atoms with E-state index in [2.05, 4.69) is 0 Å². The zero-order chi connectivity index (χ0) is 31.6. The third-order valence-electron chi connectivity index (χ3n) is 6.37. The van der Waals surface area contributed by atoms with E-state index < -0.39 is 17.4 Å². The van der Waals surface area contributed by atoms with Crippen molar-refractivity contribution in [3.8, 4) is 0 Å². The molecule has 0 unspecified atom stereocenters. The van der Waals surface area contributed by atoms with Crippen molar-refractivity contribution in [2.24, 2.45) is 5.41 Å². The first-order valence-electron chi connectivity index (χ1n) is 13.9. The van der Waals surface area contributed by atoms with Crippen molar-refractivity contribution in [1.82, 2.24) is 0 Å². The Morgan fingerprint density at radius 2 is 0.955 bits per heavy atom. The summed E-state index contributed by atoms with van der Waals surface area (Å²) in [6.45, 7) is 1.98. The lowest BCUT2D eigenvalue weighted by Crippen LogP contribution is -2.39. The number of ether oxygens (including phenoxy) is 3. The quantitative estimate of drug-likeness (QED) is 0.122. The Morgan fingerprint density at radius 1 is 0.568 bits per heavy atom. The summed E-state index contributed by atoms with van der Waals surface area (Å²) in [5, 5.41) is -0.553. The van der Waals surface area contributed by atoms with Gasteiger partial charge in [0, 0.05) is 22.4 Å². The van der Waals surface area contributed by atoms with Crippen LogP contribution in [0.2, 0.25) is 0 Å². The fourth-order valence-corrected chi connectivity index (χ4v) is 5.64. The van der Waals surface area contributed by atoms with Gasteiger partial charge in [-0.1, -0.05) is 133 Å². The van der Waals surface area contributed by atoms with Gasteiger partial charge in [0.15, 0.2) is 0 Å². The third kappa shape index (κ3) is 12.3. The van der Waals surface area contributed by atoms with Gasteiger partial charge in [0.05, 0.1) is 30.1 Å². The molecule has 0 bridgehead atoms. The van der Waals surface area contributed by atoms with Crippen molar-refractivity contribution in [3.05, 3.63) is 108 Å². The van der Waals surface area contributed by atoms with E-state index in [1.54, 1.807) is 84.9 Å². The summed E-state index contributed by atoms with van der Waals surface area (Å²) < 4.78 is 16.9.